The third-order valence-electron chi connectivity index (χ3n) is 3.21. The summed E-state index contributed by atoms with van der Waals surface area (Å²) in [6.07, 6.45) is 0. The molecule has 0 aliphatic heterocycles. The van der Waals surface area contributed by atoms with Crippen molar-refractivity contribution in [1.29, 1.82) is 0 Å². The maximum absolute atomic E-state index is 11.0. The molecule has 0 saturated heterocycles. The Balaban J connectivity index is 2.09. The minimum absolute atomic E-state index is 0.261. The molecule has 0 fully saturated rings. The van der Waals surface area contributed by atoms with E-state index in [9.17, 15) is 4.79 Å². The number of ether oxygens (including phenoxy) is 2. The number of anilines is 1. The van der Waals surface area contributed by atoms with Gasteiger partial charge in [-0.25, -0.2) is 4.79 Å². The van der Waals surface area contributed by atoms with Gasteiger partial charge in [0.05, 0.1) is 18.8 Å². The van der Waals surface area contributed by atoms with Crippen molar-refractivity contribution in [1.82, 2.24) is 0 Å². The molecule has 5 heteroatoms. The second-order valence-corrected chi connectivity index (χ2v) is 4.89. The fourth-order valence-electron chi connectivity index (χ4n) is 2.17. The number of aromatic carboxylic acids is 1. The van der Waals surface area contributed by atoms with E-state index in [2.05, 4.69) is 5.32 Å². The third-order valence-corrected chi connectivity index (χ3v) is 3.21. The molecular weight excluding hydrogens is 294 g/mol. The Morgan fingerprint density at radius 1 is 1.04 bits per heavy atom. The highest BCUT2D eigenvalue weighted by molar-refractivity contribution is 5.88. The van der Waals surface area contributed by atoms with E-state index in [0.717, 1.165) is 17.0 Å². The van der Waals surface area contributed by atoms with Crippen molar-refractivity contribution >= 4 is 11.7 Å². The number of carboxylic acid groups (broad SMARTS) is 1. The van der Waals surface area contributed by atoms with Crippen LogP contribution < -0.4 is 14.8 Å². The molecule has 2 aromatic rings. The van der Waals surface area contributed by atoms with Crippen LogP contribution in [0.1, 0.15) is 29.8 Å². The first-order valence-electron chi connectivity index (χ1n) is 7.59. The molecule has 122 valence electrons. The van der Waals surface area contributed by atoms with Gasteiger partial charge in [-0.05, 0) is 49.7 Å². The van der Waals surface area contributed by atoms with Gasteiger partial charge in [-0.3, -0.25) is 0 Å². The number of rotatable bonds is 8. The number of carboxylic acids is 1. The summed E-state index contributed by atoms with van der Waals surface area (Å²) in [5, 5.41) is 12.2. The summed E-state index contributed by atoms with van der Waals surface area (Å²) in [5.41, 5.74) is 2.05. The second-order valence-electron chi connectivity index (χ2n) is 4.89. The minimum atomic E-state index is -0.937. The van der Waals surface area contributed by atoms with Gasteiger partial charge in [0.15, 0.2) is 11.5 Å². The van der Waals surface area contributed by atoms with E-state index < -0.39 is 5.97 Å². The van der Waals surface area contributed by atoms with Gasteiger partial charge >= 0.3 is 5.97 Å². The summed E-state index contributed by atoms with van der Waals surface area (Å²) < 4.78 is 11.1. The zero-order valence-corrected chi connectivity index (χ0v) is 13.3. The second kappa shape index (κ2) is 8.08. The highest BCUT2D eigenvalue weighted by Crippen LogP contribution is 2.28. The third kappa shape index (κ3) is 4.64. The Morgan fingerprint density at radius 2 is 1.78 bits per heavy atom. The molecule has 2 aromatic carbocycles. The molecule has 0 unspecified atom stereocenters. The summed E-state index contributed by atoms with van der Waals surface area (Å²) in [7, 11) is 0. The monoisotopic (exact) mass is 315 g/mol. The van der Waals surface area contributed by atoms with Crippen molar-refractivity contribution in [2.75, 3.05) is 18.5 Å². The first-order chi connectivity index (χ1) is 11.1. The Kier molecular flexibility index (Phi) is 5.86. The Morgan fingerprint density at radius 3 is 2.48 bits per heavy atom. The Labute approximate surface area is 135 Å². The van der Waals surface area contributed by atoms with Gasteiger partial charge in [0.25, 0.3) is 0 Å². The van der Waals surface area contributed by atoms with Crippen molar-refractivity contribution in [2.24, 2.45) is 0 Å². The largest absolute Gasteiger partial charge is 0.490 e. The molecule has 0 heterocycles. The van der Waals surface area contributed by atoms with Gasteiger partial charge in [-0.2, -0.15) is 0 Å². The molecule has 0 aliphatic carbocycles. The molecule has 0 aliphatic rings. The molecule has 2 rings (SSSR count). The molecule has 0 bridgehead atoms. The summed E-state index contributed by atoms with van der Waals surface area (Å²) in [5.74, 6) is 0.507. The van der Waals surface area contributed by atoms with Crippen LogP contribution in [-0.2, 0) is 6.54 Å². The SMILES string of the molecule is CCOc1ccc(CNc2cccc(C(=O)O)c2)cc1OCC. The van der Waals surface area contributed by atoms with Crippen LogP contribution in [0.2, 0.25) is 0 Å². The van der Waals surface area contributed by atoms with Crippen molar-refractivity contribution in [2.45, 2.75) is 20.4 Å². The lowest BCUT2D eigenvalue weighted by Crippen LogP contribution is -2.03. The summed E-state index contributed by atoms with van der Waals surface area (Å²) >= 11 is 0. The van der Waals surface area contributed by atoms with Crippen molar-refractivity contribution < 1.29 is 19.4 Å². The van der Waals surface area contributed by atoms with Crippen LogP contribution in [0.3, 0.4) is 0 Å². The van der Waals surface area contributed by atoms with Crippen molar-refractivity contribution in [3.63, 3.8) is 0 Å². The summed E-state index contributed by atoms with van der Waals surface area (Å²) in [6.45, 7) is 5.57. The van der Waals surface area contributed by atoms with Gasteiger partial charge in [-0.1, -0.05) is 12.1 Å². The number of nitrogens with one attached hydrogen (secondary N) is 1. The topological polar surface area (TPSA) is 67.8 Å². The lowest BCUT2D eigenvalue weighted by atomic mass is 10.1. The number of carbonyl (C=O) groups is 1. The minimum Gasteiger partial charge on any atom is -0.490 e. The molecule has 2 N–H and O–H groups in total. The van der Waals surface area contributed by atoms with Gasteiger partial charge in [0.1, 0.15) is 0 Å². The van der Waals surface area contributed by atoms with E-state index >= 15 is 0 Å². The van der Waals surface area contributed by atoms with E-state index in [1.165, 1.54) is 0 Å². The summed E-state index contributed by atoms with van der Waals surface area (Å²) in [6, 6.07) is 12.5. The van der Waals surface area contributed by atoms with E-state index in [1.54, 1.807) is 18.2 Å². The molecule has 23 heavy (non-hydrogen) atoms. The summed E-state index contributed by atoms with van der Waals surface area (Å²) in [4.78, 5) is 11.0. The van der Waals surface area contributed by atoms with Crippen LogP contribution in [0.15, 0.2) is 42.5 Å². The normalized spacial score (nSPS) is 10.2. The van der Waals surface area contributed by atoms with E-state index in [1.807, 2.05) is 38.1 Å². The molecule has 0 radical (unpaired) electrons. The fraction of sp³-hybridized carbons (Fsp3) is 0.278. The van der Waals surface area contributed by atoms with Crippen LogP contribution >= 0.6 is 0 Å². The quantitative estimate of drug-likeness (QED) is 0.775. The molecule has 0 amide bonds. The molecule has 0 aromatic heterocycles. The average molecular weight is 315 g/mol. The zero-order valence-electron chi connectivity index (χ0n) is 13.3. The van der Waals surface area contributed by atoms with E-state index in [4.69, 9.17) is 14.6 Å². The standard InChI is InChI=1S/C18H21NO4/c1-3-22-16-9-8-13(10-17(16)23-4-2)12-19-15-7-5-6-14(11-15)18(20)21/h5-11,19H,3-4,12H2,1-2H3,(H,20,21). The van der Waals surface area contributed by atoms with E-state index in [-0.39, 0.29) is 5.56 Å². The Hall–Kier alpha value is -2.69. The number of hydrogen-bond donors (Lipinski definition) is 2. The predicted octanol–water partition coefficient (Wildman–Crippen LogP) is 3.79. The van der Waals surface area contributed by atoms with Crippen molar-refractivity contribution in [3.8, 4) is 11.5 Å². The maximum Gasteiger partial charge on any atom is 0.335 e. The smallest absolute Gasteiger partial charge is 0.335 e. The first-order valence-corrected chi connectivity index (χ1v) is 7.59. The molecule has 5 nitrogen and oxygen atoms in total. The maximum atomic E-state index is 11.0. The Bertz CT molecular complexity index is 670. The number of hydrogen-bond acceptors (Lipinski definition) is 4. The lowest BCUT2D eigenvalue weighted by Gasteiger charge is -2.13. The van der Waals surface area contributed by atoms with Crippen LogP contribution in [0.5, 0.6) is 11.5 Å². The number of benzene rings is 2. The highest BCUT2D eigenvalue weighted by atomic mass is 16.5. The van der Waals surface area contributed by atoms with Crippen LogP contribution in [0.4, 0.5) is 5.69 Å². The zero-order chi connectivity index (χ0) is 16.7. The van der Waals surface area contributed by atoms with Gasteiger partial charge in [0.2, 0.25) is 0 Å². The molecule has 0 saturated carbocycles. The van der Waals surface area contributed by atoms with Gasteiger partial charge < -0.3 is 19.9 Å². The predicted molar refractivity (Wildman–Crippen MR) is 89.5 cm³/mol. The first kappa shape index (κ1) is 16.7. The molecule has 0 atom stereocenters. The lowest BCUT2D eigenvalue weighted by molar-refractivity contribution is 0.0697. The van der Waals surface area contributed by atoms with Crippen LogP contribution in [-0.4, -0.2) is 24.3 Å². The van der Waals surface area contributed by atoms with Crippen molar-refractivity contribution in [3.05, 3.63) is 53.6 Å². The van der Waals surface area contributed by atoms with Gasteiger partial charge in [-0.15, -0.1) is 0 Å². The fourth-order valence-corrected chi connectivity index (χ4v) is 2.17. The molecular formula is C18H21NO4. The highest BCUT2D eigenvalue weighted by Gasteiger charge is 2.07. The van der Waals surface area contributed by atoms with Crippen LogP contribution in [0, 0.1) is 0 Å². The van der Waals surface area contributed by atoms with E-state index in [0.29, 0.717) is 25.5 Å². The van der Waals surface area contributed by atoms with Crippen LogP contribution in [0.25, 0.3) is 0 Å². The van der Waals surface area contributed by atoms with Gasteiger partial charge in [0, 0.05) is 12.2 Å². The molecule has 0 spiro atoms. The average Bonchev–Trinajstić information content (AvgIpc) is 2.55.